The third-order valence-corrected chi connectivity index (χ3v) is 12.7. The number of furan rings is 2. The fourth-order valence-corrected chi connectivity index (χ4v) is 10.9. The van der Waals surface area contributed by atoms with E-state index in [-0.39, 0.29) is 0 Å². The molecule has 5 saturated heterocycles. The van der Waals surface area contributed by atoms with Gasteiger partial charge in [0.2, 0.25) is 0 Å². The molecule has 2 aromatic heterocycles. The molecule has 0 aromatic carbocycles. The van der Waals surface area contributed by atoms with Gasteiger partial charge in [0.15, 0.2) is 0 Å². The maximum atomic E-state index is 5.54. The molecule has 190 valence electrons. The molecular formula is C30H42N2O2S. The van der Waals surface area contributed by atoms with Gasteiger partial charge in [0, 0.05) is 58.9 Å². The molecule has 2 spiro atoms. The Labute approximate surface area is 215 Å². The van der Waals surface area contributed by atoms with E-state index in [1.807, 2.05) is 25.1 Å². The quantitative estimate of drug-likeness (QED) is 0.437. The van der Waals surface area contributed by atoms with E-state index in [9.17, 15) is 0 Å². The fourth-order valence-electron chi connectivity index (χ4n) is 9.03. The van der Waals surface area contributed by atoms with Crippen molar-refractivity contribution in [1.82, 2.24) is 9.80 Å². The molecule has 5 fully saturated rings. The van der Waals surface area contributed by atoms with Crippen LogP contribution in [0.15, 0.2) is 46.0 Å². The van der Waals surface area contributed by atoms with Crippen LogP contribution in [0.2, 0.25) is 0 Å². The van der Waals surface area contributed by atoms with Crippen molar-refractivity contribution < 1.29 is 8.83 Å². The summed E-state index contributed by atoms with van der Waals surface area (Å²) < 4.78 is 11.5. The lowest BCUT2D eigenvalue weighted by Gasteiger charge is -2.55. The summed E-state index contributed by atoms with van der Waals surface area (Å²) in [6.45, 7) is 7.56. The summed E-state index contributed by atoms with van der Waals surface area (Å²) in [5.74, 6) is 2.99. The van der Waals surface area contributed by atoms with Crippen molar-refractivity contribution in [3.63, 3.8) is 0 Å². The lowest BCUT2D eigenvalue weighted by molar-refractivity contribution is -0.0454. The molecule has 0 bridgehead atoms. The second-order valence-electron chi connectivity index (χ2n) is 13.0. The van der Waals surface area contributed by atoms with Gasteiger partial charge in [0.1, 0.15) is 0 Å². The molecule has 0 saturated carbocycles. The standard InChI is InChI=1S/C30H42N2O2S/c1-21-3-5-27(23-9-13-33-15-23)31-18-29(11-7-25(21)31)17-30(35-20-29)12-8-26-22(2)4-6-28(32(26)19-30)24-10-14-34-16-24/h9-10,13-16,21-22,25-28H,3-8,11-12,17-20H2,1-2H3/t21-,22-,25+,26+,27+,28+,29-,30+/m1/s1. The summed E-state index contributed by atoms with van der Waals surface area (Å²) >= 11 is 2.36. The van der Waals surface area contributed by atoms with Crippen molar-refractivity contribution in [2.75, 3.05) is 18.8 Å². The van der Waals surface area contributed by atoms with E-state index in [1.165, 1.54) is 87.8 Å². The maximum Gasteiger partial charge on any atom is 0.0950 e. The largest absolute Gasteiger partial charge is 0.472 e. The summed E-state index contributed by atoms with van der Waals surface area (Å²) in [6, 6.07) is 7.04. The predicted molar refractivity (Wildman–Crippen MR) is 141 cm³/mol. The molecular weight excluding hydrogens is 452 g/mol. The van der Waals surface area contributed by atoms with Gasteiger partial charge in [0.25, 0.3) is 0 Å². The number of hydrogen-bond acceptors (Lipinski definition) is 5. The number of hydrogen-bond donors (Lipinski definition) is 0. The number of fused-ring (bicyclic) bond motifs is 2. The Morgan fingerprint density at radius 2 is 1.37 bits per heavy atom. The zero-order chi connectivity index (χ0) is 23.6. The van der Waals surface area contributed by atoms with E-state index in [0.29, 0.717) is 22.2 Å². The number of thioether (sulfide) groups is 1. The monoisotopic (exact) mass is 494 g/mol. The Bertz CT molecular complexity index is 927. The SMILES string of the molecule is C[C@@H]1CC[C@@H](c2ccoc2)N2C[C@]3(CC[C@@H]12)CS[C@@]1(CC[C@H]2[C@H](C)CC[C@@H](c4ccoc4)N2C1)C3. The topological polar surface area (TPSA) is 32.8 Å². The van der Waals surface area contributed by atoms with Crippen LogP contribution in [0.3, 0.4) is 0 Å². The Kier molecular flexibility index (Phi) is 5.71. The predicted octanol–water partition coefficient (Wildman–Crippen LogP) is 7.31. The van der Waals surface area contributed by atoms with E-state index in [0.717, 1.165) is 23.9 Å². The zero-order valence-electron chi connectivity index (χ0n) is 21.5. The molecule has 0 unspecified atom stereocenters. The third-order valence-electron chi connectivity index (χ3n) is 10.8. The van der Waals surface area contributed by atoms with Gasteiger partial charge in [-0.3, -0.25) is 9.80 Å². The van der Waals surface area contributed by atoms with Gasteiger partial charge in [-0.1, -0.05) is 13.8 Å². The summed E-state index contributed by atoms with van der Waals surface area (Å²) in [6.07, 6.45) is 20.0. The lowest BCUT2D eigenvalue weighted by atomic mass is 9.67. The first-order valence-corrected chi connectivity index (χ1v) is 15.2. The van der Waals surface area contributed by atoms with Crippen molar-refractivity contribution in [2.24, 2.45) is 17.3 Å². The van der Waals surface area contributed by atoms with Gasteiger partial charge in [-0.25, -0.2) is 0 Å². The van der Waals surface area contributed by atoms with Crippen LogP contribution in [0, 0.1) is 17.3 Å². The minimum absolute atomic E-state index is 0.439. The second-order valence-corrected chi connectivity index (χ2v) is 14.4. The van der Waals surface area contributed by atoms with Crippen LogP contribution in [0.4, 0.5) is 0 Å². The lowest BCUT2D eigenvalue weighted by Crippen LogP contribution is -2.57. The van der Waals surface area contributed by atoms with Gasteiger partial charge >= 0.3 is 0 Å². The maximum absolute atomic E-state index is 5.54. The van der Waals surface area contributed by atoms with Crippen LogP contribution in [-0.4, -0.2) is 45.5 Å². The van der Waals surface area contributed by atoms with Crippen LogP contribution in [-0.2, 0) is 0 Å². The normalized spacial score (nSPS) is 44.5. The fraction of sp³-hybridized carbons (Fsp3) is 0.733. The number of rotatable bonds is 2. The Morgan fingerprint density at radius 1 is 0.771 bits per heavy atom. The smallest absolute Gasteiger partial charge is 0.0950 e. The summed E-state index contributed by atoms with van der Waals surface area (Å²) in [7, 11) is 0. The van der Waals surface area contributed by atoms with Crippen molar-refractivity contribution >= 4 is 11.8 Å². The van der Waals surface area contributed by atoms with Gasteiger partial charge in [-0.05, 0) is 87.2 Å². The molecule has 8 atom stereocenters. The highest BCUT2D eigenvalue weighted by atomic mass is 32.2. The summed E-state index contributed by atoms with van der Waals surface area (Å²) in [5.41, 5.74) is 3.30. The van der Waals surface area contributed by atoms with Crippen LogP contribution in [0.5, 0.6) is 0 Å². The van der Waals surface area contributed by atoms with Gasteiger partial charge < -0.3 is 8.83 Å². The van der Waals surface area contributed by atoms with Crippen LogP contribution >= 0.6 is 11.8 Å². The highest BCUT2D eigenvalue weighted by Crippen LogP contribution is 2.60. The molecule has 35 heavy (non-hydrogen) atoms. The minimum Gasteiger partial charge on any atom is -0.472 e. The van der Waals surface area contributed by atoms with Crippen LogP contribution < -0.4 is 0 Å². The molecule has 0 aliphatic carbocycles. The van der Waals surface area contributed by atoms with Crippen molar-refractivity contribution in [2.45, 2.75) is 101 Å². The van der Waals surface area contributed by atoms with E-state index in [2.05, 4.69) is 47.5 Å². The number of piperidine rings is 4. The average molecular weight is 495 g/mol. The Balaban J connectivity index is 1.13. The van der Waals surface area contributed by atoms with Gasteiger partial charge in [0.05, 0.1) is 25.1 Å². The van der Waals surface area contributed by atoms with Crippen molar-refractivity contribution in [1.29, 1.82) is 0 Å². The highest BCUT2D eigenvalue weighted by molar-refractivity contribution is 8.01. The van der Waals surface area contributed by atoms with Crippen LogP contribution in [0.25, 0.3) is 0 Å². The second kappa shape index (κ2) is 8.70. The van der Waals surface area contributed by atoms with Crippen molar-refractivity contribution in [3.8, 4) is 0 Å². The molecule has 0 N–H and O–H groups in total. The van der Waals surface area contributed by atoms with E-state index >= 15 is 0 Å². The van der Waals surface area contributed by atoms with E-state index in [1.54, 1.807) is 0 Å². The Morgan fingerprint density at radius 3 is 1.97 bits per heavy atom. The minimum atomic E-state index is 0.439. The molecule has 0 radical (unpaired) electrons. The third kappa shape index (κ3) is 3.87. The average Bonchev–Trinajstić information content (AvgIpc) is 3.63. The number of nitrogens with zero attached hydrogens (tertiary/aromatic N) is 2. The molecule has 7 heterocycles. The summed E-state index contributed by atoms with van der Waals surface area (Å²) in [4.78, 5) is 5.86. The summed E-state index contributed by atoms with van der Waals surface area (Å²) in [5, 5.41) is 0. The molecule has 0 amide bonds. The molecule has 5 aliphatic heterocycles. The van der Waals surface area contributed by atoms with E-state index < -0.39 is 0 Å². The molecule has 4 nitrogen and oxygen atoms in total. The zero-order valence-corrected chi connectivity index (χ0v) is 22.3. The van der Waals surface area contributed by atoms with Gasteiger partial charge in [-0.15, -0.1) is 0 Å². The molecule has 5 heteroatoms. The molecule has 5 aliphatic rings. The highest BCUT2D eigenvalue weighted by Gasteiger charge is 2.56. The molecule has 2 aromatic rings. The van der Waals surface area contributed by atoms with Gasteiger partial charge in [-0.2, -0.15) is 11.8 Å². The first kappa shape index (κ1) is 23.0. The first-order valence-electron chi connectivity index (χ1n) is 14.2. The van der Waals surface area contributed by atoms with Crippen molar-refractivity contribution in [3.05, 3.63) is 48.3 Å². The van der Waals surface area contributed by atoms with E-state index in [4.69, 9.17) is 8.83 Å². The Hall–Kier alpha value is -1.17. The molecule has 7 rings (SSSR count). The first-order chi connectivity index (χ1) is 17.0. The van der Waals surface area contributed by atoms with Crippen LogP contribution in [0.1, 0.15) is 94.8 Å².